The number of para-hydroxylation sites is 1. The van der Waals surface area contributed by atoms with E-state index in [1.165, 1.54) is 18.2 Å². The summed E-state index contributed by atoms with van der Waals surface area (Å²) in [5.74, 6) is -0.552. The summed E-state index contributed by atoms with van der Waals surface area (Å²) in [5, 5.41) is 0. The van der Waals surface area contributed by atoms with Crippen LogP contribution in [0.25, 0.3) is 0 Å². The van der Waals surface area contributed by atoms with Gasteiger partial charge in [0.2, 0.25) is 0 Å². The first-order valence-electron chi connectivity index (χ1n) is 2.90. The third kappa shape index (κ3) is 1.46. The maximum Gasteiger partial charge on any atom is 0.298 e. The molecule has 11 heavy (non-hydrogen) atoms. The third-order valence-electron chi connectivity index (χ3n) is 1.19. The normalized spacial score (nSPS) is 9.18. The Balaban J connectivity index is 3.05. The first-order valence-corrected chi connectivity index (χ1v) is 2.90. The Labute approximate surface area is 62.6 Å². The van der Waals surface area contributed by atoms with Crippen molar-refractivity contribution in [3.8, 4) is 5.75 Å². The quantitative estimate of drug-likeness (QED) is 0.510. The molecule has 0 unspecified atom stereocenters. The van der Waals surface area contributed by atoms with Gasteiger partial charge in [0.1, 0.15) is 11.5 Å². The Hall–Kier alpha value is -1.58. The lowest BCUT2D eigenvalue weighted by molar-refractivity contribution is -0.120. The lowest BCUT2D eigenvalue weighted by atomic mass is 10.3. The summed E-state index contributed by atoms with van der Waals surface area (Å²) in [5.41, 5.74) is 5.06. The van der Waals surface area contributed by atoms with Crippen LogP contribution < -0.4 is 10.5 Å². The van der Waals surface area contributed by atoms with E-state index in [4.69, 9.17) is 5.73 Å². The second kappa shape index (κ2) is 3.01. The van der Waals surface area contributed by atoms with E-state index in [1.54, 1.807) is 0 Å². The number of hydrogen-bond acceptors (Lipinski definition) is 3. The van der Waals surface area contributed by atoms with Crippen molar-refractivity contribution >= 4 is 12.2 Å². The van der Waals surface area contributed by atoms with Gasteiger partial charge in [-0.2, -0.15) is 0 Å². The molecule has 0 aliphatic rings. The minimum atomic E-state index is -0.593. The van der Waals surface area contributed by atoms with Gasteiger partial charge in [-0.1, -0.05) is 6.07 Å². The molecule has 0 radical (unpaired) electrons. The molecule has 0 atom stereocenters. The van der Waals surface area contributed by atoms with Crippen molar-refractivity contribution in [2.45, 2.75) is 0 Å². The van der Waals surface area contributed by atoms with Crippen molar-refractivity contribution in [2.24, 2.45) is 0 Å². The van der Waals surface area contributed by atoms with Gasteiger partial charge >= 0.3 is 0 Å². The van der Waals surface area contributed by atoms with Gasteiger partial charge in [-0.15, -0.1) is 0 Å². The SMILES string of the molecule is Nc1c(F)cccc1OC=O. The van der Waals surface area contributed by atoms with Crippen LogP contribution in [0.15, 0.2) is 18.2 Å². The zero-order valence-corrected chi connectivity index (χ0v) is 5.58. The maximum atomic E-state index is 12.6. The number of rotatable bonds is 2. The summed E-state index contributed by atoms with van der Waals surface area (Å²) in [7, 11) is 0. The number of hydrogen-bond donors (Lipinski definition) is 1. The highest BCUT2D eigenvalue weighted by molar-refractivity contribution is 5.58. The standard InChI is InChI=1S/C7H6FNO2/c8-5-2-1-3-6(7(5)9)11-4-10/h1-4H,9H2. The molecule has 0 bridgehead atoms. The average molecular weight is 155 g/mol. The largest absolute Gasteiger partial charge is 0.426 e. The Morgan fingerprint density at radius 2 is 2.27 bits per heavy atom. The molecule has 1 aromatic carbocycles. The molecule has 4 heteroatoms. The van der Waals surface area contributed by atoms with Crippen molar-refractivity contribution in [1.82, 2.24) is 0 Å². The summed E-state index contributed by atoms with van der Waals surface area (Å²) in [6.45, 7) is 0.200. The Morgan fingerprint density at radius 1 is 1.55 bits per heavy atom. The number of carbonyl (C=O) groups excluding carboxylic acids is 1. The van der Waals surface area contributed by atoms with Gasteiger partial charge in [0.05, 0.1) is 0 Å². The second-order valence-corrected chi connectivity index (χ2v) is 1.87. The summed E-state index contributed by atoms with van der Waals surface area (Å²) in [6.07, 6.45) is 0. The Bertz CT molecular complexity index is 275. The molecule has 0 saturated carbocycles. The van der Waals surface area contributed by atoms with Gasteiger partial charge < -0.3 is 10.5 Å². The minimum Gasteiger partial charge on any atom is -0.426 e. The number of nitrogens with two attached hydrogens (primary N) is 1. The molecular weight excluding hydrogens is 149 g/mol. The molecule has 1 rings (SSSR count). The van der Waals surface area contributed by atoms with E-state index in [9.17, 15) is 9.18 Å². The van der Waals surface area contributed by atoms with Gasteiger partial charge in [0, 0.05) is 0 Å². The summed E-state index contributed by atoms with van der Waals surface area (Å²) in [6, 6.07) is 4.00. The van der Waals surface area contributed by atoms with Crippen molar-refractivity contribution in [1.29, 1.82) is 0 Å². The van der Waals surface area contributed by atoms with E-state index in [-0.39, 0.29) is 17.9 Å². The van der Waals surface area contributed by atoms with Gasteiger partial charge in [-0.25, -0.2) is 4.39 Å². The lowest BCUT2D eigenvalue weighted by Crippen LogP contribution is -1.97. The number of benzene rings is 1. The predicted octanol–water partition coefficient (Wildman–Crippen LogP) is 0.943. The third-order valence-corrected chi connectivity index (χ3v) is 1.19. The first kappa shape index (κ1) is 7.53. The number of anilines is 1. The molecule has 0 aliphatic carbocycles. The average Bonchev–Trinajstić information content (AvgIpc) is 1.99. The molecule has 0 fully saturated rings. The topological polar surface area (TPSA) is 52.3 Å². The lowest BCUT2D eigenvalue weighted by Gasteiger charge is -2.01. The summed E-state index contributed by atoms with van der Waals surface area (Å²) < 4.78 is 17.0. The van der Waals surface area contributed by atoms with Gasteiger partial charge in [0.15, 0.2) is 5.75 Å². The molecule has 0 aliphatic heterocycles. The minimum absolute atomic E-state index is 0.0417. The van der Waals surface area contributed by atoms with E-state index in [2.05, 4.69) is 4.74 Å². The molecular formula is C7H6FNO2. The molecule has 0 spiro atoms. The van der Waals surface area contributed by atoms with Crippen LogP contribution in [0.1, 0.15) is 0 Å². The van der Waals surface area contributed by atoms with Crippen LogP contribution in [-0.2, 0) is 4.79 Å². The fourth-order valence-electron chi connectivity index (χ4n) is 0.672. The maximum absolute atomic E-state index is 12.6. The van der Waals surface area contributed by atoms with Gasteiger partial charge in [0.25, 0.3) is 6.47 Å². The number of halogens is 1. The van der Waals surface area contributed by atoms with Crippen LogP contribution in [0, 0.1) is 5.82 Å². The van der Waals surface area contributed by atoms with Crippen LogP contribution in [0.2, 0.25) is 0 Å². The fraction of sp³-hybridized carbons (Fsp3) is 0. The highest BCUT2D eigenvalue weighted by Crippen LogP contribution is 2.22. The van der Waals surface area contributed by atoms with E-state index < -0.39 is 5.82 Å². The zero-order valence-electron chi connectivity index (χ0n) is 5.58. The van der Waals surface area contributed by atoms with Crippen LogP contribution in [0.5, 0.6) is 5.75 Å². The second-order valence-electron chi connectivity index (χ2n) is 1.87. The molecule has 1 aromatic rings. The highest BCUT2D eigenvalue weighted by atomic mass is 19.1. The first-order chi connectivity index (χ1) is 5.25. The predicted molar refractivity (Wildman–Crippen MR) is 37.5 cm³/mol. The number of ether oxygens (including phenoxy) is 1. The zero-order chi connectivity index (χ0) is 8.27. The molecule has 0 amide bonds. The highest BCUT2D eigenvalue weighted by Gasteiger charge is 2.03. The number of nitrogen functional groups attached to an aromatic ring is 1. The van der Waals surface area contributed by atoms with Crippen molar-refractivity contribution in [3.63, 3.8) is 0 Å². The van der Waals surface area contributed by atoms with Crippen molar-refractivity contribution < 1.29 is 13.9 Å². The summed E-state index contributed by atoms with van der Waals surface area (Å²) >= 11 is 0. The van der Waals surface area contributed by atoms with Crippen LogP contribution in [0.3, 0.4) is 0 Å². The van der Waals surface area contributed by atoms with Crippen molar-refractivity contribution in [3.05, 3.63) is 24.0 Å². The molecule has 0 heterocycles. The Morgan fingerprint density at radius 3 is 2.91 bits per heavy atom. The van der Waals surface area contributed by atoms with Crippen LogP contribution >= 0.6 is 0 Å². The molecule has 2 N–H and O–H groups in total. The van der Waals surface area contributed by atoms with E-state index >= 15 is 0 Å². The smallest absolute Gasteiger partial charge is 0.298 e. The van der Waals surface area contributed by atoms with Crippen LogP contribution in [-0.4, -0.2) is 6.47 Å². The molecule has 0 saturated heterocycles. The molecule has 3 nitrogen and oxygen atoms in total. The van der Waals surface area contributed by atoms with E-state index in [1.807, 2.05) is 0 Å². The Kier molecular flexibility index (Phi) is 2.06. The van der Waals surface area contributed by atoms with E-state index in [0.717, 1.165) is 0 Å². The molecule has 0 aromatic heterocycles. The fourth-order valence-corrected chi connectivity index (χ4v) is 0.672. The van der Waals surface area contributed by atoms with Crippen LogP contribution in [0.4, 0.5) is 10.1 Å². The molecule has 58 valence electrons. The monoisotopic (exact) mass is 155 g/mol. The van der Waals surface area contributed by atoms with E-state index in [0.29, 0.717) is 0 Å². The number of carbonyl (C=O) groups is 1. The van der Waals surface area contributed by atoms with Crippen molar-refractivity contribution in [2.75, 3.05) is 5.73 Å². The summed E-state index contributed by atoms with van der Waals surface area (Å²) in [4.78, 5) is 9.84. The van der Waals surface area contributed by atoms with Gasteiger partial charge in [-0.05, 0) is 12.1 Å². The van der Waals surface area contributed by atoms with Gasteiger partial charge in [-0.3, -0.25) is 4.79 Å².